The van der Waals surface area contributed by atoms with E-state index in [9.17, 15) is 9.59 Å². The smallest absolute Gasteiger partial charge is 0.414 e. The molecular formula is C30H33N5O3. The van der Waals surface area contributed by atoms with Crippen LogP contribution in [0.1, 0.15) is 43.6 Å². The molecule has 38 heavy (non-hydrogen) atoms. The minimum Gasteiger partial charge on any atom is -0.443 e. The minimum absolute atomic E-state index is 0.261. The van der Waals surface area contributed by atoms with Crippen molar-refractivity contribution in [3.05, 3.63) is 96.4 Å². The van der Waals surface area contributed by atoms with Crippen LogP contribution in [0.2, 0.25) is 0 Å². The van der Waals surface area contributed by atoms with E-state index in [4.69, 9.17) is 4.74 Å². The van der Waals surface area contributed by atoms with Gasteiger partial charge >= 0.3 is 6.09 Å². The summed E-state index contributed by atoms with van der Waals surface area (Å²) in [4.78, 5) is 32.2. The first-order valence-corrected chi connectivity index (χ1v) is 12.7. The van der Waals surface area contributed by atoms with Crippen LogP contribution in [-0.4, -0.2) is 38.9 Å². The number of rotatable bonds is 8. The zero-order valence-corrected chi connectivity index (χ0v) is 22.2. The van der Waals surface area contributed by atoms with E-state index < -0.39 is 11.7 Å². The second-order valence-corrected chi connectivity index (χ2v) is 9.85. The van der Waals surface area contributed by atoms with Crippen LogP contribution in [0.3, 0.4) is 0 Å². The van der Waals surface area contributed by atoms with Crippen LogP contribution in [0.15, 0.2) is 85.3 Å². The standard InChI is InChI=1S/C30H33N5O3/c1-5-22-9-11-23(12-10-22)27-26(8-6-17-31-27)28(36)33-24-13-15-25(16-14-24)35(29(37)38-30(2,3)4)21-20-34-19-7-18-32-34/h6-19H,5,20-21H2,1-4H3,(H,33,36). The topological polar surface area (TPSA) is 89.4 Å². The Kier molecular flexibility index (Phi) is 8.21. The van der Waals surface area contributed by atoms with Gasteiger partial charge in [-0.15, -0.1) is 0 Å². The third kappa shape index (κ3) is 6.85. The molecule has 1 N–H and O–H groups in total. The molecule has 2 aromatic carbocycles. The van der Waals surface area contributed by atoms with Gasteiger partial charge in [0.15, 0.2) is 0 Å². The number of hydrogen-bond donors (Lipinski definition) is 1. The Morgan fingerprint density at radius 1 is 0.974 bits per heavy atom. The minimum atomic E-state index is -0.632. The third-order valence-electron chi connectivity index (χ3n) is 5.85. The number of aryl methyl sites for hydroxylation is 1. The second kappa shape index (κ2) is 11.7. The number of amides is 2. The Morgan fingerprint density at radius 3 is 2.34 bits per heavy atom. The molecule has 0 atom stereocenters. The van der Waals surface area contributed by atoms with Gasteiger partial charge in [-0.3, -0.25) is 19.4 Å². The molecule has 8 heteroatoms. The maximum absolute atomic E-state index is 13.2. The molecule has 2 aromatic heterocycles. The average molecular weight is 512 g/mol. The number of nitrogens with one attached hydrogen (secondary N) is 1. The Bertz CT molecular complexity index is 1360. The summed E-state index contributed by atoms with van der Waals surface area (Å²) < 4.78 is 7.38. The molecule has 4 aromatic rings. The Labute approximate surface area is 223 Å². The summed E-state index contributed by atoms with van der Waals surface area (Å²) >= 11 is 0. The first kappa shape index (κ1) is 26.6. The average Bonchev–Trinajstić information content (AvgIpc) is 3.42. The van der Waals surface area contributed by atoms with Gasteiger partial charge in [0.2, 0.25) is 0 Å². The van der Waals surface area contributed by atoms with Gasteiger partial charge in [-0.2, -0.15) is 5.10 Å². The van der Waals surface area contributed by atoms with E-state index in [1.54, 1.807) is 58.4 Å². The fourth-order valence-electron chi connectivity index (χ4n) is 3.92. The highest BCUT2D eigenvalue weighted by Crippen LogP contribution is 2.25. The lowest BCUT2D eigenvalue weighted by atomic mass is 10.0. The zero-order valence-electron chi connectivity index (χ0n) is 22.2. The lowest BCUT2D eigenvalue weighted by Crippen LogP contribution is -2.38. The van der Waals surface area contributed by atoms with Crippen LogP contribution in [0, 0.1) is 0 Å². The van der Waals surface area contributed by atoms with Crippen molar-refractivity contribution in [2.45, 2.75) is 46.3 Å². The SMILES string of the molecule is CCc1ccc(-c2ncccc2C(=O)Nc2ccc(N(CCn3cccn3)C(=O)OC(C)(C)C)cc2)cc1. The first-order valence-electron chi connectivity index (χ1n) is 12.7. The molecule has 0 aliphatic rings. The van der Waals surface area contributed by atoms with Gasteiger partial charge in [-0.05, 0) is 75.2 Å². The number of carbonyl (C=O) groups excluding carboxylic acids is 2. The first-order chi connectivity index (χ1) is 18.2. The molecule has 0 bridgehead atoms. The van der Waals surface area contributed by atoms with Gasteiger partial charge in [0.05, 0.1) is 17.8 Å². The number of aromatic nitrogens is 3. The van der Waals surface area contributed by atoms with E-state index in [0.29, 0.717) is 35.7 Å². The van der Waals surface area contributed by atoms with Crippen LogP contribution in [0.25, 0.3) is 11.3 Å². The van der Waals surface area contributed by atoms with Gasteiger partial charge < -0.3 is 10.1 Å². The van der Waals surface area contributed by atoms with Crippen molar-refractivity contribution in [3.8, 4) is 11.3 Å². The molecular weight excluding hydrogens is 478 g/mol. The summed E-state index contributed by atoms with van der Waals surface area (Å²) in [5, 5.41) is 7.17. The lowest BCUT2D eigenvalue weighted by Gasteiger charge is -2.27. The van der Waals surface area contributed by atoms with E-state index in [1.807, 2.05) is 57.3 Å². The number of pyridine rings is 1. The molecule has 196 valence electrons. The largest absolute Gasteiger partial charge is 0.443 e. The van der Waals surface area contributed by atoms with Crippen LogP contribution >= 0.6 is 0 Å². The van der Waals surface area contributed by atoms with E-state index in [-0.39, 0.29) is 5.91 Å². The zero-order chi connectivity index (χ0) is 27.1. The molecule has 0 saturated heterocycles. The van der Waals surface area contributed by atoms with Crippen molar-refractivity contribution in [2.75, 3.05) is 16.8 Å². The maximum atomic E-state index is 13.2. The molecule has 0 saturated carbocycles. The monoisotopic (exact) mass is 511 g/mol. The fourth-order valence-corrected chi connectivity index (χ4v) is 3.92. The Hall–Kier alpha value is -4.46. The van der Waals surface area contributed by atoms with E-state index in [1.165, 1.54) is 5.56 Å². The Balaban J connectivity index is 1.51. The molecule has 0 radical (unpaired) electrons. The van der Waals surface area contributed by atoms with E-state index in [0.717, 1.165) is 12.0 Å². The summed E-state index contributed by atoms with van der Waals surface area (Å²) in [5.41, 5.74) is 3.84. The number of carbonyl (C=O) groups is 2. The van der Waals surface area contributed by atoms with Crippen molar-refractivity contribution in [1.29, 1.82) is 0 Å². The summed E-state index contributed by atoms with van der Waals surface area (Å²) in [5.74, 6) is -0.261. The van der Waals surface area contributed by atoms with Crippen molar-refractivity contribution in [1.82, 2.24) is 14.8 Å². The molecule has 8 nitrogen and oxygen atoms in total. The van der Waals surface area contributed by atoms with Crippen LogP contribution in [0.4, 0.5) is 16.2 Å². The normalized spacial score (nSPS) is 11.2. The van der Waals surface area contributed by atoms with Gasteiger partial charge in [0, 0.05) is 42.1 Å². The highest BCUT2D eigenvalue weighted by Gasteiger charge is 2.23. The van der Waals surface area contributed by atoms with Crippen LogP contribution in [-0.2, 0) is 17.7 Å². The van der Waals surface area contributed by atoms with Crippen molar-refractivity contribution in [3.63, 3.8) is 0 Å². The van der Waals surface area contributed by atoms with Gasteiger partial charge in [-0.1, -0.05) is 31.2 Å². The molecule has 4 rings (SSSR count). The van der Waals surface area contributed by atoms with Crippen molar-refractivity contribution >= 4 is 23.4 Å². The fraction of sp³-hybridized carbons (Fsp3) is 0.267. The molecule has 0 aliphatic heterocycles. The Morgan fingerprint density at radius 2 is 1.71 bits per heavy atom. The highest BCUT2D eigenvalue weighted by molar-refractivity contribution is 6.08. The maximum Gasteiger partial charge on any atom is 0.414 e. The van der Waals surface area contributed by atoms with Gasteiger partial charge in [0.25, 0.3) is 5.91 Å². The molecule has 2 heterocycles. The molecule has 0 fully saturated rings. The van der Waals surface area contributed by atoms with Gasteiger partial charge in [-0.25, -0.2) is 4.79 Å². The molecule has 0 aliphatic carbocycles. The summed E-state index contributed by atoms with van der Waals surface area (Å²) in [6, 6.07) is 20.5. The van der Waals surface area contributed by atoms with Gasteiger partial charge in [0.1, 0.15) is 5.60 Å². The number of anilines is 2. The number of nitrogens with zero attached hydrogens (tertiary/aromatic N) is 4. The van der Waals surface area contributed by atoms with E-state index >= 15 is 0 Å². The number of hydrogen-bond acceptors (Lipinski definition) is 5. The van der Waals surface area contributed by atoms with E-state index in [2.05, 4.69) is 22.3 Å². The molecule has 0 unspecified atom stereocenters. The number of benzene rings is 2. The van der Waals surface area contributed by atoms with Crippen LogP contribution < -0.4 is 10.2 Å². The predicted octanol–water partition coefficient (Wildman–Crippen LogP) is 6.20. The number of ether oxygens (including phenoxy) is 1. The lowest BCUT2D eigenvalue weighted by molar-refractivity contribution is 0.0578. The quantitative estimate of drug-likeness (QED) is 0.304. The molecule has 2 amide bonds. The van der Waals surface area contributed by atoms with Crippen LogP contribution in [0.5, 0.6) is 0 Å². The predicted molar refractivity (Wildman–Crippen MR) is 149 cm³/mol. The second-order valence-electron chi connectivity index (χ2n) is 9.85. The third-order valence-corrected chi connectivity index (χ3v) is 5.85. The molecule has 0 spiro atoms. The van der Waals surface area contributed by atoms with Crippen molar-refractivity contribution < 1.29 is 14.3 Å². The summed E-state index contributed by atoms with van der Waals surface area (Å²) in [6.45, 7) is 8.48. The highest BCUT2D eigenvalue weighted by atomic mass is 16.6. The summed E-state index contributed by atoms with van der Waals surface area (Å²) in [6.07, 6.45) is 5.72. The van der Waals surface area contributed by atoms with Crippen molar-refractivity contribution in [2.24, 2.45) is 0 Å². The summed E-state index contributed by atoms with van der Waals surface area (Å²) in [7, 11) is 0.